The summed E-state index contributed by atoms with van der Waals surface area (Å²) in [5.41, 5.74) is 2.22. The van der Waals surface area contributed by atoms with E-state index >= 15 is 0 Å². The van der Waals surface area contributed by atoms with Crippen molar-refractivity contribution in [3.63, 3.8) is 0 Å². The van der Waals surface area contributed by atoms with E-state index in [1.807, 2.05) is 12.1 Å². The largest absolute Gasteiger partial charge is 0.368 e. The molecule has 2 aromatic carbocycles. The van der Waals surface area contributed by atoms with Gasteiger partial charge in [0.25, 0.3) is 0 Å². The van der Waals surface area contributed by atoms with E-state index in [2.05, 4.69) is 27.8 Å². The number of carbonyl (C=O) groups excluding carboxylic acids is 1. The number of benzene rings is 2. The summed E-state index contributed by atoms with van der Waals surface area (Å²) < 4.78 is 24.7. The summed E-state index contributed by atoms with van der Waals surface area (Å²) in [5.74, 6) is 0.631. The molecule has 0 radical (unpaired) electrons. The second kappa shape index (κ2) is 10.7. The highest BCUT2D eigenvalue weighted by molar-refractivity contribution is 7.91. The molecule has 0 atom stereocenters. The number of aliphatic imine (C=N–C) groups is 1. The van der Waals surface area contributed by atoms with Crippen LogP contribution in [-0.2, 0) is 21.1 Å². The third-order valence-electron chi connectivity index (χ3n) is 5.04. The lowest BCUT2D eigenvalue weighted by Crippen LogP contribution is -2.33. The minimum atomic E-state index is -3.55. The zero-order chi connectivity index (χ0) is 22.3. The standard InChI is InChI=1S/C22H27ClN4O3S/c1-27(15-11-17-6-8-18(9-7-17)22-25-13-14-26-22)21(28)10-12-24-16-31(29,30)20-5-3-2-4-19(20)23/h2-9,24H,10-16H2,1H3,(H,25,26). The molecule has 1 heterocycles. The van der Waals surface area contributed by atoms with E-state index in [1.165, 1.54) is 6.07 Å². The topological polar surface area (TPSA) is 90.9 Å². The monoisotopic (exact) mass is 462 g/mol. The number of amidine groups is 1. The summed E-state index contributed by atoms with van der Waals surface area (Å²) >= 11 is 5.96. The van der Waals surface area contributed by atoms with Crippen LogP contribution >= 0.6 is 11.6 Å². The first-order valence-electron chi connectivity index (χ1n) is 10.2. The number of nitrogens with zero attached hydrogens (tertiary/aromatic N) is 2. The van der Waals surface area contributed by atoms with Gasteiger partial charge in [0.15, 0.2) is 9.84 Å². The second-order valence-corrected chi connectivity index (χ2v) is 9.72. The fourth-order valence-corrected chi connectivity index (χ4v) is 4.92. The van der Waals surface area contributed by atoms with Gasteiger partial charge in [0, 0.05) is 38.7 Å². The van der Waals surface area contributed by atoms with Crippen LogP contribution < -0.4 is 10.6 Å². The molecule has 7 nitrogen and oxygen atoms in total. The zero-order valence-corrected chi connectivity index (χ0v) is 19.0. The maximum Gasteiger partial charge on any atom is 0.223 e. The van der Waals surface area contributed by atoms with Gasteiger partial charge >= 0.3 is 0 Å². The number of hydrogen-bond donors (Lipinski definition) is 2. The minimum absolute atomic E-state index is 0.0382. The van der Waals surface area contributed by atoms with Gasteiger partial charge in [-0.2, -0.15) is 0 Å². The molecule has 0 saturated heterocycles. The Morgan fingerprint density at radius 3 is 2.61 bits per heavy atom. The quantitative estimate of drug-likeness (QED) is 0.528. The van der Waals surface area contributed by atoms with Gasteiger partial charge in [-0.25, -0.2) is 8.42 Å². The van der Waals surface area contributed by atoms with Crippen LogP contribution in [0.3, 0.4) is 0 Å². The maximum absolute atomic E-state index is 12.3. The first-order chi connectivity index (χ1) is 14.9. The molecule has 2 aromatic rings. The molecule has 9 heteroatoms. The van der Waals surface area contributed by atoms with Crippen molar-refractivity contribution in [3.8, 4) is 0 Å². The van der Waals surface area contributed by atoms with Crippen molar-refractivity contribution in [3.05, 3.63) is 64.7 Å². The molecule has 166 valence electrons. The highest BCUT2D eigenvalue weighted by Crippen LogP contribution is 2.21. The fourth-order valence-electron chi connectivity index (χ4n) is 3.21. The van der Waals surface area contributed by atoms with Crippen molar-refractivity contribution in [1.82, 2.24) is 15.5 Å². The van der Waals surface area contributed by atoms with Crippen molar-refractivity contribution in [2.24, 2.45) is 4.99 Å². The van der Waals surface area contributed by atoms with E-state index < -0.39 is 9.84 Å². The molecule has 0 fully saturated rings. The van der Waals surface area contributed by atoms with Crippen LogP contribution in [0.4, 0.5) is 0 Å². The van der Waals surface area contributed by atoms with E-state index in [0.717, 1.165) is 36.5 Å². The Balaban J connectivity index is 1.39. The molecule has 0 spiro atoms. The van der Waals surface area contributed by atoms with Crippen LogP contribution in [0.1, 0.15) is 17.5 Å². The molecule has 31 heavy (non-hydrogen) atoms. The predicted molar refractivity (Wildman–Crippen MR) is 123 cm³/mol. The second-order valence-electron chi connectivity index (χ2n) is 7.36. The van der Waals surface area contributed by atoms with Gasteiger partial charge in [-0.05, 0) is 24.1 Å². The van der Waals surface area contributed by atoms with Gasteiger partial charge in [0.2, 0.25) is 5.91 Å². The molecule has 0 bridgehead atoms. The number of nitrogens with one attached hydrogen (secondary N) is 2. The first-order valence-corrected chi connectivity index (χ1v) is 12.2. The molecule has 3 rings (SSSR count). The van der Waals surface area contributed by atoms with Crippen molar-refractivity contribution in [1.29, 1.82) is 0 Å². The van der Waals surface area contributed by atoms with Crippen LogP contribution in [0.5, 0.6) is 0 Å². The molecular weight excluding hydrogens is 436 g/mol. The summed E-state index contributed by atoms with van der Waals surface area (Å²) in [7, 11) is -1.79. The smallest absolute Gasteiger partial charge is 0.223 e. The number of amides is 1. The molecule has 0 saturated carbocycles. The lowest BCUT2D eigenvalue weighted by atomic mass is 10.1. The van der Waals surface area contributed by atoms with Crippen LogP contribution in [0.2, 0.25) is 5.02 Å². The van der Waals surface area contributed by atoms with Gasteiger partial charge in [0.05, 0.1) is 16.5 Å². The third-order valence-corrected chi connectivity index (χ3v) is 7.09. The Morgan fingerprint density at radius 2 is 1.94 bits per heavy atom. The van der Waals surface area contributed by atoms with Crippen molar-refractivity contribution < 1.29 is 13.2 Å². The number of rotatable bonds is 10. The average molecular weight is 463 g/mol. The SMILES string of the molecule is CN(CCc1ccc(C2=NCCN2)cc1)C(=O)CCNCS(=O)(=O)c1ccccc1Cl. The summed E-state index contributed by atoms with van der Waals surface area (Å²) in [6, 6.07) is 14.5. The molecule has 2 N–H and O–H groups in total. The molecule has 0 unspecified atom stereocenters. The van der Waals surface area contributed by atoms with Gasteiger partial charge in [-0.15, -0.1) is 0 Å². The Morgan fingerprint density at radius 1 is 1.19 bits per heavy atom. The van der Waals surface area contributed by atoms with E-state index in [-0.39, 0.29) is 34.7 Å². The molecule has 0 aromatic heterocycles. The number of sulfone groups is 1. The van der Waals surface area contributed by atoms with E-state index in [0.29, 0.717) is 6.54 Å². The van der Waals surface area contributed by atoms with Crippen molar-refractivity contribution in [2.45, 2.75) is 17.7 Å². The molecule has 1 aliphatic rings. The van der Waals surface area contributed by atoms with Gasteiger partial charge in [-0.1, -0.05) is 48.0 Å². The van der Waals surface area contributed by atoms with Crippen molar-refractivity contribution >= 4 is 33.2 Å². The first kappa shape index (κ1) is 23.2. The Bertz CT molecular complexity index is 1040. The Hall–Kier alpha value is -2.42. The van der Waals surface area contributed by atoms with Crippen LogP contribution in [-0.4, -0.2) is 64.2 Å². The molecule has 1 amide bonds. The number of hydrogen-bond acceptors (Lipinski definition) is 6. The number of likely N-dealkylation sites (N-methyl/N-ethyl adjacent to an activating group) is 1. The lowest BCUT2D eigenvalue weighted by molar-refractivity contribution is -0.129. The third kappa shape index (κ3) is 6.53. The molecule has 0 aliphatic carbocycles. The molecule has 1 aliphatic heterocycles. The van der Waals surface area contributed by atoms with Gasteiger partial charge in [-0.3, -0.25) is 9.79 Å². The summed E-state index contributed by atoms with van der Waals surface area (Å²) in [6.45, 7) is 2.56. The number of carbonyl (C=O) groups is 1. The van der Waals surface area contributed by atoms with Gasteiger partial charge in [0.1, 0.15) is 11.7 Å². The Labute approximate surface area is 188 Å². The van der Waals surface area contributed by atoms with E-state index in [4.69, 9.17) is 11.6 Å². The van der Waals surface area contributed by atoms with Crippen LogP contribution in [0.25, 0.3) is 0 Å². The average Bonchev–Trinajstić information content (AvgIpc) is 3.30. The molecular formula is C22H27ClN4O3S. The van der Waals surface area contributed by atoms with Gasteiger partial charge < -0.3 is 15.5 Å². The minimum Gasteiger partial charge on any atom is -0.368 e. The zero-order valence-electron chi connectivity index (χ0n) is 17.5. The van der Waals surface area contributed by atoms with E-state index in [9.17, 15) is 13.2 Å². The van der Waals surface area contributed by atoms with E-state index in [1.54, 1.807) is 30.1 Å². The lowest BCUT2D eigenvalue weighted by Gasteiger charge is -2.17. The van der Waals surface area contributed by atoms with Crippen LogP contribution in [0, 0.1) is 0 Å². The highest BCUT2D eigenvalue weighted by Gasteiger charge is 2.17. The normalized spacial score (nSPS) is 13.5. The fraction of sp³-hybridized carbons (Fsp3) is 0.364. The predicted octanol–water partition coefficient (Wildman–Crippen LogP) is 2.10. The maximum atomic E-state index is 12.3. The van der Waals surface area contributed by atoms with Crippen molar-refractivity contribution in [2.75, 3.05) is 39.1 Å². The van der Waals surface area contributed by atoms with Crippen LogP contribution in [0.15, 0.2) is 58.4 Å². The highest BCUT2D eigenvalue weighted by atomic mass is 35.5. The summed E-state index contributed by atoms with van der Waals surface area (Å²) in [6.07, 6.45) is 0.968. The summed E-state index contributed by atoms with van der Waals surface area (Å²) in [5, 5.41) is 6.28. The summed E-state index contributed by atoms with van der Waals surface area (Å²) in [4.78, 5) is 18.5. The Kier molecular flexibility index (Phi) is 8.06. The number of halogens is 1.